The topological polar surface area (TPSA) is 101 Å². The van der Waals surface area contributed by atoms with Crippen LogP contribution >= 0.6 is 0 Å². The molecule has 0 N–H and O–H groups in total. The van der Waals surface area contributed by atoms with Gasteiger partial charge in [-0.25, -0.2) is 17.5 Å². The van der Waals surface area contributed by atoms with Crippen molar-refractivity contribution in [2.24, 2.45) is 5.41 Å². The molecule has 5 heterocycles. The van der Waals surface area contributed by atoms with Gasteiger partial charge in [0.2, 0.25) is 10.0 Å². The number of fused-ring (bicyclic) bond motifs is 2. The van der Waals surface area contributed by atoms with Crippen molar-refractivity contribution in [3.8, 4) is 5.69 Å². The highest BCUT2D eigenvalue weighted by atomic mass is 32.2. The first kappa shape index (κ1) is 27.6. The van der Waals surface area contributed by atoms with Gasteiger partial charge >= 0.3 is 0 Å². The quantitative estimate of drug-likeness (QED) is 0.297. The third-order valence-electron chi connectivity index (χ3n) is 8.84. The Bertz CT molecular complexity index is 1820. The van der Waals surface area contributed by atoms with E-state index in [9.17, 15) is 17.6 Å². The Hall–Kier alpha value is -4.22. The first-order valence-corrected chi connectivity index (χ1v) is 16.0. The lowest BCUT2D eigenvalue weighted by molar-refractivity contribution is 0.0770. The van der Waals surface area contributed by atoms with Crippen molar-refractivity contribution in [1.29, 1.82) is 0 Å². The van der Waals surface area contributed by atoms with Gasteiger partial charge in [-0.1, -0.05) is 11.6 Å². The summed E-state index contributed by atoms with van der Waals surface area (Å²) >= 11 is 0. The molecule has 1 aromatic carbocycles. The normalized spacial score (nSPS) is 20.7. The van der Waals surface area contributed by atoms with Crippen molar-refractivity contribution >= 4 is 27.6 Å². The molecule has 1 atom stereocenters. The summed E-state index contributed by atoms with van der Waals surface area (Å²) in [6.07, 6.45) is 12.3. The van der Waals surface area contributed by atoms with Gasteiger partial charge < -0.3 is 4.90 Å². The molecule has 2 saturated heterocycles. The number of carbonyl (C=O) groups is 1. The summed E-state index contributed by atoms with van der Waals surface area (Å²) in [6.45, 7) is 1.95. The molecule has 2 aliphatic heterocycles. The van der Waals surface area contributed by atoms with Crippen LogP contribution in [0.2, 0.25) is 0 Å². The molecule has 9 nitrogen and oxygen atoms in total. The molecule has 11 heteroatoms. The highest BCUT2D eigenvalue weighted by Crippen LogP contribution is 2.47. The van der Waals surface area contributed by atoms with Crippen LogP contribution in [0.3, 0.4) is 0 Å². The van der Waals surface area contributed by atoms with E-state index in [0.717, 1.165) is 48.4 Å². The number of benzene rings is 1. The van der Waals surface area contributed by atoms with Gasteiger partial charge in [-0.05, 0) is 86.2 Å². The molecule has 220 valence electrons. The summed E-state index contributed by atoms with van der Waals surface area (Å²) in [5, 5.41) is 4.57. The number of pyridine rings is 2. The van der Waals surface area contributed by atoms with Crippen molar-refractivity contribution in [3.63, 3.8) is 0 Å². The Balaban J connectivity index is 1.27. The van der Waals surface area contributed by atoms with Gasteiger partial charge in [0.05, 0.1) is 34.9 Å². The molecule has 7 rings (SSSR count). The number of piperidine rings is 2. The molecule has 3 aromatic heterocycles. The molecular weight excluding hydrogens is 567 g/mol. The zero-order chi connectivity index (χ0) is 29.6. The lowest BCUT2D eigenvalue weighted by Crippen LogP contribution is -2.53. The molecule has 4 aromatic rings. The molecule has 0 spiro atoms. The number of hydrogen-bond acceptors (Lipinski definition) is 7. The largest absolute Gasteiger partial charge is 0.370 e. The van der Waals surface area contributed by atoms with E-state index >= 15 is 0 Å². The zero-order valence-electron chi connectivity index (χ0n) is 23.6. The average Bonchev–Trinajstić information content (AvgIpc) is 3.46. The summed E-state index contributed by atoms with van der Waals surface area (Å²) in [4.78, 5) is 25.3. The maximum absolute atomic E-state index is 14.3. The summed E-state index contributed by atoms with van der Waals surface area (Å²) < 4.78 is 45.0. The zero-order valence-corrected chi connectivity index (χ0v) is 24.4. The summed E-state index contributed by atoms with van der Waals surface area (Å²) in [5.74, 6) is -0.562. The molecule has 0 saturated carbocycles. The number of anilines is 1. The number of sulfonamides is 1. The Labute approximate surface area is 249 Å². The van der Waals surface area contributed by atoms with Crippen LogP contribution in [0, 0.1) is 11.2 Å². The molecule has 0 bridgehead atoms. The van der Waals surface area contributed by atoms with Gasteiger partial charge in [-0.3, -0.25) is 14.8 Å². The average molecular weight is 599 g/mol. The van der Waals surface area contributed by atoms with Gasteiger partial charge in [0.15, 0.2) is 5.78 Å². The Morgan fingerprint density at radius 2 is 1.74 bits per heavy atom. The fourth-order valence-corrected chi connectivity index (χ4v) is 8.06. The first-order chi connectivity index (χ1) is 20.8. The minimum atomic E-state index is -3.96. The van der Waals surface area contributed by atoms with Crippen molar-refractivity contribution in [2.45, 2.75) is 37.0 Å². The number of nitrogens with zero attached hydrogens (tertiary/aromatic N) is 6. The third-order valence-corrected chi connectivity index (χ3v) is 10.7. The van der Waals surface area contributed by atoms with Crippen LogP contribution in [0.15, 0.2) is 83.8 Å². The minimum Gasteiger partial charge on any atom is -0.370 e. The van der Waals surface area contributed by atoms with E-state index in [1.54, 1.807) is 59.7 Å². The number of Topliss-reactive ketones (excluding diaryl/α,β-unsaturated/α-hetero) is 1. The predicted octanol–water partition coefficient (Wildman–Crippen LogP) is 4.70. The molecule has 0 amide bonds. The van der Waals surface area contributed by atoms with Crippen molar-refractivity contribution in [3.05, 3.63) is 102 Å². The van der Waals surface area contributed by atoms with Crippen LogP contribution < -0.4 is 4.90 Å². The molecule has 1 aliphatic carbocycles. The van der Waals surface area contributed by atoms with Gasteiger partial charge in [-0.2, -0.15) is 9.40 Å². The fourth-order valence-electron chi connectivity index (χ4n) is 6.57. The highest BCUT2D eigenvalue weighted by Gasteiger charge is 2.51. The van der Waals surface area contributed by atoms with Crippen LogP contribution in [0.25, 0.3) is 11.8 Å². The van der Waals surface area contributed by atoms with Crippen LogP contribution in [-0.4, -0.2) is 64.4 Å². The van der Waals surface area contributed by atoms with Crippen LogP contribution in [0.1, 0.15) is 47.4 Å². The van der Waals surface area contributed by atoms with Gasteiger partial charge in [0.1, 0.15) is 16.4 Å². The smallest absolute Gasteiger partial charge is 0.244 e. The number of hydrogen-bond donors (Lipinski definition) is 0. The highest BCUT2D eigenvalue weighted by molar-refractivity contribution is 7.89. The third kappa shape index (κ3) is 4.86. The Morgan fingerprint density at radius 1 is 0.930 bits per heavy atom. The number of aromatic nitrogens is 4. The number of halogens is 1. The van der Waals surface area contributed by atoms with E-state index < -0.39 is 15.4 Å². The summed E-state index contributed by atoms with van der Waals surface area (Å²) in [7, 11) is -3.96. The van der Waals surface area contributed by atoms with Gasteiger partial charge in [0.25, 0.3) is 0 Å². The van der Waals surface area contributed by atoms with Crippen LogP contribution in [0.5, 0.6) is 0 Å². The van der Waals surface area contributed by atoms with Crippen molar-refractivity contribution < 1.29 is 17.6 Å². The predicted molar refractivity (Wildman–Crippen MR) is 160 cm³/mol. The van der Waals surface area contributed by atoms with E-state index in [4.69, 9.17) is 0 Å². The molecule has 43 heavy (non-hydrogen) atoms. The fraction of sp³-hybridized carbons (Fsp3) is 0.312. The van der Waals surface area contributed by atoms with Gasteiger partial charge in [0, 0.05) is 38.6 Å². The standard InChI is InChI=1S/C32H31FN6O3S/c33-25-7-9-26(10-8-25)39-30-16-24-11-15-38(43(41,42)28-17-27(20-34-21-28)37-13-4-1-5-14-37)22-32(24,18-23(30)19-36-39)31(40)29-6-2-3-12-35-29/h2-3,6-10,12,16-17,19-21H,1,4-5,11,13-15,18,22H2. The SMILES string of the molecule is O=C(c1ccccn1)C12Cc3cnn(-c4ccc(F)cc4)c3C=C1CCN(S(=O)(=O)c1cncc(N3CCCCC3)c1)C2. The maximum Gasteiger partial charge on any atom is 0.244 e. The lowest BCUT2D eigenvalue weighted by Gasteiger charge is -2.44. The van der Waals surface area contributed by atoms with Crippen molar-refractivity contribution in [1.82, 2.24) is 24.1 Å². The number of rotatable bonds is 6. The second-order valence-electron chi connectivity index (χ2n) is 11.4. The van der Waals surface area contributed by atoms with E-state index in [1.165, 1.54) is 29.1 Å². The second kappa shape index (κ2) is 10.8. The maximum atomic E-state index is 14.3. The van der Waals surface area contributed by atoms with E-state index in [0.29, 0.717) is 12.1 Å². The number of ketones is 1. The van der Waals surface area contributed by atoms with Crippen molar-refractivity contribution in [2.75, 3.05) is 31.1 Å². The molecule has 1 unspecified atom stereocenters. The van der Waals surface area contributed by atoms with Gasteiger partial charge in [-0.15, -0.1) is 0 Å². The van der Waals surface area contributed by atoms with E-state index in [2.05, 4.69) is 20.0 Å². The minimum absolute atomic E-state index is 0.0221. The van der Waals surface area contributed by atoms with E-state index in [1.807, 2.05) is 6.08 Å². The van der Waals surface area contributed by atoms with E-state index in [-0.39, 0.29) is 41.7 Å². The molecular formula is C32H31FN6O3S. The second-order valence-corrected chi connectivity index (χ2v) is 13.4. The summed E-state index contributed by atoms with van der Waals surface area (Å²) in [5.41, 5.74) is 3.09. The Morgan fingerprint density at radius 3 is 2.51 bits per heavy atom. The number of carbonyl (C=O) groups excluding carboxylic acids is 1. The molecule has 2 fully saturated rings. The molecule has 3 aliphatic rings. The lowest BCUT2D eigenvalue weighted by atomic mass is 9.65. The Kier molecular flexibility index (Phi) is 6.94. The molecule has 0 radical (unpaired) electrons. The van der Waals surface area contributed by atoms with Crippen LogP contribution in [-0.2, 0) is 16.4 Å². The monoisotopic (exact) mass is 598 g/mol. The first-order valence-electron chi connectivity index (χ1n) is 14.6. The summed E-state index contributed by atoms with van der Waals surface area (Å²) in [6, 6.07) is 13.0. The van der Waals surface area contributed by atoms with Crippen LogP contribution in [0.4, 0.5) is 10.1 Å².